The smallest absolute Gasteiger partial charge is 0.326 e. The Balaban J connectivity index is 2.45. The molecule has 0 fully saturated rings. The van der Waals surface area contributed by atoms with Crippen molar-refractivity contribution in [1.29, 1.82) is 0 Å². The van der Waals surface area contributed by atoms with Crippen molar-refractivity contribution in [3.63, 3.8) is 0 Å². The fourth-order valence-corrected chi connectivity index (χ4v) is 2.22. The topological polar surface area (TPSA) is 43.8 Å². The number of halogens is 3. The van der Waals surface area contributed by atoms with Gasteiger partial charge in [-0.25, -0.2) is 0 Å². The van der Waals surface area contributed by atoms with E-state index < -0.39 is 17.8 Å². The highest BCUT2D eigenvalue weighted by molar-refractivity contribution is 5.30. The first-order valence-electron chi connectivity index (χ1n) is 6.23. The molecule has 0 bridgehead atoms. The molecule has 0 radical (unpaired) electrons. The largest absolute Gasteiger partial charge is 0.419 e. The van der Waals surface area contributed by atoms with Gasteiger partial charge >= 0.3 is 6.18 Å². The van der Waals surface area contributed by atoms with E-state index in [9.17, 15) is 13.2 Å². The standard InChI is InChI=1S/C14H16F3N3/c1-9-5-3-4-6-12(9)13(10(2)18)20-8-11(7-19-20)14(15,16)17/h3-8,10,13H,18H2,1-2H3. The lowest BCUT2D eigenvalue weighted by Gasteiger charge is -2.23. The van der Waals surface area contributed by atoms with Gasteiger partial charge in [-0.1, -0.05) is 24.3 Å². The van der Waals surface area contributed by atoms with E-state index in [4.69, 9.17) is 5.73 Å². The molecule has 2 rings (SSSR count). The van der Waals surface area contributed by atoms with Gasteiger partial charge in [0.25, 0.3) is 0 Å². The number of nitrogens with zero attached hydrogens (tertiary/aromatic N) is 2. The van der Waals surface area contributed by atoms with E-state index in [1.165, 1.54) is 4.68 Å². The van der Waals surface area contributed by atoms with Crippen LogP contribution in [0.4, 0.5) is 13.2 Å². The Kier molecular flexibility index (Phi) is 3.85. The summed E-state index contributed by atoms with van der Waals surface area (Å²) in [5.74, 6) is 0. The predicted molar refractivity (Wildman–Crippen MR) is 70.2 cm³/mol. The molecule has 0 saturated carbocycles. The van der Waals surface area contributed by atoms with Crippen LogP contribution in [0.3, 0.4) is 0 Å². The first kappa shape index (κ1) is 14.6. The fraction of sp³-hybridized carbons (Fsp3) is 0.357. The average Bonchev–Trinajstić information content (AvgIpc) is 2.80. The van der Waals surface area contributed by atoms with E-state index in [0.717, 1.165) is 23.5 Å². The van der Waals surface area contributed by atoms with Gasteiger partial charge in [0.1, 0.15) is 0 Å². The van der Waals surface area contributed by atoms with Crippen LogP contribution in [0.15, 0.2) is 36.7 Å². The summed E-state index contributed by atoms with van der Waals surface area (Å²) in [6.45, 7) is 3.66. The van der Waals surface area contributed by atoms with E-state index in [1.807, 2.05) is 31.2 Å². The molecular formula is C14H16F3N3. The second-order valence-electron chi connectivity index (χ2n) is 4.87. The van der Waals surface area contributed by atoms with Crippen LogP contribution in [-0.2, 0) is 6.18 Å². The highest BCUT2D eigenvalue weighted by atomic mass is 19.4. The summed E-state index contributed by atoms with van der Waals surface area (Å²) in [4.78, 5) is 0. The van der Waals surface area contributed by atoms with Crippen LogP contribution >= 0.6 is 0 Å². The van der Waals surface area contributed by atoms with Gasteiger partial charge in [0.15, 0.2) is 0 Å². The normalized spacial score (nSPS) is 15.1. The molecule has 0 amide bonds. The molecule has 0 saturated heterocycles. The molecule has 3 nitrogen and oxygen atoms in total. The molecule has 2 N–H and O–H groups in total. The van der Waals surface area contributed by atoms with Gasteiger partial charge in [0.2, 0.25) is 0 Å². The number of benzene rings is 1. The molecule has 1 aromatic carbocycles. The van der Waals surface area contributed by atoms with Gasteiger partial charge in [-0.3, -0.25) is 4.68 Å². The highest BCUT2D eigenvalue weighted by Gasteiger charge is 2.33. The third kappa shape index (κ3) is 2.85. The van der Waals surface area contributed by atoms with Crippen LogP contribution in [0.1, 0.15) is 29.7 Å². The number of aryl methyl sites for hydroxylation is 1. The third-order valence-electron chi connectivity index (χ3n) is 3.22. The predicted octanol–water partition coefficient (Wildman–Crippen LogP) is 3.15. The maximum atomic E-state index is 12.7. The van der Waals surface area contributed by atoms with Crippen molar-refractivity contribution in [2.45, 2.75) is 32.1 Å². The Morgan fingerprint density at radius 3 is 2.40 bits per heavy atom. The van der Waals surface area contributed by atoms with Crippen LogP contribution in [0.25, 0.3) is 0 Å². The van der Waals surface area contributed by atoms with E-state index >= 15 is 0 Å². The lowest BCUT2D eigenvalue weighted by atomic mass is 9.97. The number of rotatable bonds is 3. The van der Waals surface area contributed by atoms with Crippen LogP contribution in [-0.4, -0.2) is 15.8 Å². The van der Waals surface area contributed by atoms with Crippen molar-refractivity contribution >= 4 is 0 Å². The van der Waals surface area contributed by atoms with Gasteiger partial charge < -0.3 is 5.73 Å². The summed E-state index contributed by atoms with van der Waals surface area (Å²) < 4.78 is 39.3. The van der Waals surface area contributed by atoms with Crippen LogP contribution in [0, 0.1) is 6.92 Å². The van der Waals surface area contributed by atoms with Crippen molar-refractivity contribution in [2.75, 3.05) is 0 Å². The number of nitrogens with two attached hydrogens (primary N) is 1. The quantitative estimate of drug-likeness (QED) is 0.940. The van der Waals surface area contributed by atoms with Crippen molar-refractivity contribution in [3.05, 3.63) is 53.3 Å². The Morgan fingerprint density at radius 1 is 1.25 bits per heavy atom. The van der Waals surface area contributed by atoms with Gasteiger partial charge in [-0.15, -0.1) is 0 Å². The first-order valence-corrected chi connectivity index (χ1v) is 6.23. The van der Waals surface area contributed by atoms with Gasteiger partial charge in [-0.05, 0) is 25.0 Å². The zero-order valence-electron chi connectivity index (χ0n) is 11.2. The molecule has 0 aliphatic rings. The SMILES string of the molecule is Cc1ccccc1C(C(C)N)n1cc(C(F)(F)F)cn1. The monoisotopic (exact) mass is 283 g/mol. The maximum absolute atomic E-state index is 12.7. The lowest BCUT2D eigenvalue weighted by Crippen LogP contribution is -2.31. The molecule has 108 valence electrons. The number of hydrogen-bond donors (Lipinski definition) is 1. The van der Waals surface area contributed by atoms with Crippen LogP contribution in [0.2, 0.25) is 0 Å². The Bertz CT molecular complexity index is 587. The summed E-state index contributed by atoms with van der Waals surface area (Å²) in [5.41, 5.74) is 7.02. The van der Waals surface area contributed by atoms with E-state index in [1.54, 1.807) is 6.92 Å². The van der Waals surface area contributed by atoms with Crippen molar-refractivity contribution in [1.82, 2.24) is 9.78 Å². The zero-order chi connectivity index (χ0) is 14.9. The Hall–Kier alpha value is -1.82. The second-order valence-corrected chi connectivity index (χ2v) is 4.87. The van der Waals surface area contributed by atoms with Crippen molar-refractivity contribution in [2.24, 2.45) is 5.73 Å². The molecular weight excluding hydrogens is 267 g/mol. The van der Waals surface area contributed by atoms with Gasteiger partial charge in [-0.2, -0.15) is 18.3 Å². The molecule has 0 spiro atoms. The van der Waals surface area contributed by atoms with Crippen LogP contribution in [0.5, 0.6) is 0 Å². The highest BCUT2D eigenvalue weighted by Crippen LogP contribution is 2.31. The summed E-state index contributed by atoms with van der Waals surface area (Å²) in [6.07, 6.45) is -2.57. The second kappa shape index (κ2) is 5.28. The molecule has 2 aromatic rings. The Morgan fingerprint density at radius 2 is 1.90 bits per heavy atom. The first-order chi connectivity index (χ1) is 9.30. The molecule has 2 unspecified atom stereocenters. The molecule has 0 aliphatic heterocycles. The number of hydrogen-bond acceptors (Lipinski definition) is 2. The molecule has 1 heterocycles. The molecule has 6 heteroatoms. The third-order valence-corrected chi connectivity index (χ3v) is 3.22. The molecule has 0 aliphatic carbocycles. The minimum Gasteiger partial charge on any atom is -0.326 e. The van der Waals surface area contributed by atoms with Gasteiger partial charge in [0, 0.05) is 12.2 Å². The molecule has 1 aromatic heterocycles. The minimum atomic E-state index is -4.40. The van der Waals surface area contributed by atoms with Crippen molar-refractivity contribution < 1.29 is 13.2 Å². The summed E-state index contributed by atoms with van der Waals surface area (Å²) in [6, 6.07) is 6.69. The summed E-state index contributed by atoms with van der Waals surface area (Å²) >= 11 is 0. The minimum absolute atomic E-state index is 0.364. The summed E-state index contributed by atoms with van der Waals surface area (Å²) in [5, 5.41) is 3.84. The average molecular weight is 283 g/mol. The van der Waals surface area contributed by atoms with E-state index in [2.05, 4.69) is 5.10 Å². The van der Waals surface area contributed by atoms with Crippen LogP contribution < -0.4 is 5.73 Å². The molecule has 2 atom stereocenters. The summed E-state index contributed by atoms with van der Waals surface area (Å²) in [7, 11) is 0. The molecule has 20 heavy (non-hydrogen) atoms. The van der Waals surface area contributed by atoms with E-state index in [0.29, 0.717) is 0 Å². The van der Waals surface area contributed by atoms with Gasteiger partial charge in [0.05, 0.1) is 17.8 Å². The zero-order valence-corrected chi connectivity index (χ0v) is 11.2. The van der Waals surface area contributed by atoms with Crippen molar-refractivity contribution in [3.8, 4) is 0 Å². The Labute approximate surface area is 115 Å². The maximum Gasteiger partial charge on any atom is 0.419 e. The van der Waals surface area contributed by atoms with E-state index in [-0.39, 0.29) is 6.04 Å². The lowest BCUT2D eigenvalue weighted by molar-refractivity contribution is -0.137. The number of alkyl halides is 3. The number of aromatic nitrogens is 2. The fourth-order valence-electron chi connectivity index (χ4n) is 2.22.